The monoisotopic (exact) mass is 338 g/mol. The van der Waals surface area contributed by atoms with Crippen molar-refractivity contribution in [1.29, 1.82) is 0 Å². The topological polar surface area (TPSA) is 58.2 Å². The Bertz CT molecular complexity index is 524. The van der Waals surface area contributed by atoms with Gasteiger partial charge in [0, 0.05) is 16.7 Å². The van der Waals surface area contributed by atoms with Gasteiger partial charge in [-0.25, -0.2) is 0 Å². The molecule has 5 heteroatoms. The molecule has 1 aromatic rings. The molecular weight excluding hydrogens is 320 g/mol. The van der Waals surface area contributed by atoms with E-state index < -0.39 is 5.41 Å². The molecule has 4 nitrogen and oxygen atoms in total. The van der Waals surface area contributed by atoms with Gasteiger partial charge in [0.25, 0.3) is 0 Å². The Morgan fingerprint density at radius 3 is 2.55 bits per heavy atom. The van der Waals surface area contributed by atoms with Gasteiger partial charge in [0.1, 0.15) is 5.41 Å². The summed E-state index contributed by atoms with van der Waals surface area (Å²) in [6.45, 7) is 4.66. The van der Waals surface area contributed by atoms with Crippen LogP contribution in [0.4, 0.5) is 5.69 Å². The standard InChI is InChI=1S/C15H19BrN2O2/c1-10(2)9-17-13(19)15(6-7-15)14(20)18-12-5-3-4-11(16)8-12/h3-5,8,10H,6-7,9H2,1-2H3,(H,17,19)(H,18,20). The van der Waals surface area contributed by atoms with Crippen molar-refractivity contribution in [3.8, 4) is 0 Å². The second kappa shape index (κ2) is 5.95. The lowest BCUT2D eigenvalue weighted by Crippen LogP contribution is -2.41. The Hall–Kier alpha value is -1.36. The van der Waals surface area contributed by atoms with E-state index in [1.54, 1.807) is 0 Å². The smallest absolute Gasteiger partial charge is 0.240 e. The molecule has 0 unspecified atom stereocenters. The van der Waals surface area contributed by atoms with Crippen LogP contribution in [0.15, 0.2) is 28.7 Å². The van der Waals surface area contributed by atoms with Gasteiger partial charge < -0.3 is 10.6 Å². The summed E-state index contributed by atoms with van der Waals surface area (Å²) in [5.74, 6) is 0.0124. The fraction of sp³-hybridized carbons (Fsp3) is 0.467. The van der Waals surface area contributed by atoms with Crippen LogP contribution < -0.4 is 10.6 Å². The first-order chi connectivity index (χ1) is 9.44. The third kappa shape index (κ3) is 3.39. The summed E-state index contributed by atoms with van der Waals surface area (Å²) in [6, 6.07) is 7.36. The minimum absolute atomic E-state index is 0.154. The van der Waals surface area contributed by atoms with Gasteiger partial charge in [-0.15, -0.1) is 0 Å². The summed E-state index contributed by atoms with van der Waals surface area (Å²) >= 11 is 3.36. The maximum Gasteiger partial charge on any atom is 0.240 e. The summed E-state index contributed by atoms with van der Waals surface area (Å²) in [7, 11) is 0. The van der Waals surface area contributed by atoms with Crippen LogP contribution in [-0.2, 0) is 9.59 Å². The molecule has 1 aliphatic rings. The fourth-order valence-corrected chi connectivity index (χ4v) is 2.36. The molecular formula is C15H19BrN2O2. The van der Waals surface area contributed by atoms with Crippen molar-refractivity contribution in [1.82, 2.24) is 5.32 Å². The highest BCUT2D eigenvalue weighted by atomic mass is 79.9. The van der Waals surface area contributed by atoms with Gasteiger partial charge >= 0.3 is 0 Å². The molecule has 0 bridgehead atoms. The highest BCUT2D eigenvalue weighted by Crippen LogP contribution is 2.46. The third-order valence-corrected chi connectivity index (χ3v) is 3.87. The zero-order valence-electron chi connectivity index (χ0n) is 11.7. The molecule has 0 radical (unpaired) electrons. The van der Waals surface area contributed by atoms with E-state index in [-0.39, 0.29) is 11.8 Å². The third-order valence-electron chi connectivity index (χ3n) is 3.37. The lowest BCUT2D eigenvalue weighted by molar-refractivity contribution is -0.134. The first kappa shape index (κ1) is 15.0. The van der Waals surface area contributed by atoms with Gasteiger partial charge in [0.05, 0.1) is 0 Å². The summed E-state index contributed by atoms with van der Waals surface area (Å²) in [6.07, 6.45) is 1.24. The van der Waals surface area contributed by atoms with Crippen LogP contribution in [0.2, 0.25) is 0 Å². The van der Waals surface area contributed by atoms with E-state index in [0.29, 0.717) is 31.0 Å². The number of carbonyl (C=O) groups excluding carboxylic acids is 2. The van der Waals surface area contributed by atoms with Crippen LogP contribution in [0.3, 0.4) is 0 Å². The molecule has 1 fully saturated rings. The van der Waals surface area contributed by atoms with Gasteiger partial charge in [-0.1, -0.05) is 35.8 Å². The zero-order chi connectivity index (χ0) is 14.8. The number of nitrogens with one attached hydrogen (secondary N) is 2. The minimum atomic E-state index is -0.864. The second-order valence-electron chi connectivity index (χ2n) is 5.65. The van der Waals surface area contributed by atoms with E-state index in [4.69, 9.17) is 0 Å². The van der Waals surface area contributed by atoms with Crippen molar-refractivity contribution >= 4 is 33.4 Å². The molecule has 1 aliphatic carbocycles. The number of halogens is 1. The molecule has 2 N–H and O–H groups in total. The number of hydrogen-bond acceptors (Lipinski definition) is 2. The average molecular weight is 339 g/mol. The predicted molar refractivity (Wildman–Crippen MR) is 82.3 cm³/mol. The SMILES string of the molecule is CC(C)CNC(=O)C1(C(=O)Nc2cccc(Br)c2)CC1. The van der Waals surface area contributed by atoms with E-state index >= 15 is 0 Å². The van der Waals surface area contributed by atoms with E-state index in [1.807, 2.05) is 38.1 Å². The first-order valence-corrected chi connectivity index (χ1v) is 7.59. The molecule has 1 aromatic carbocycles. The highest BCUT2D eigenvalue weighted by Gasteiger charge is 2.56. The molecule has 1 saturated carbocycles. The number of amides is 2. The Morgan fingerprint density at radius 2 is 2.00 bits per heavy atom. The lowest BCUT2D eigenvalue weighted by Gasteiger charge is -2.16. The molecule has 2 rings (SSSR count). The summed E-state index contributed by atoms with van der Waals surface area (Å²) < 4.78 is 0.893. The van der Waals surface area contributed by atoms with E-state index in [0.717, 1.165) is 4.47 Å². The normalized spacial score (nSPS) is 15.8. The number of carbonyl (C=O) groups is 2. The highest BCUT2D eigenvalue weighted by molar-refractivity contribution is 9.10. The van der Waals surface area contributed by atoms with Crippen LogP contribution >= 0.6 is 15.9 Å². The number of benzene rings is 1. The molecule has 0 saturated heterocycles. The first-order valence-electron chi connectivity index (χ1n) is 6.79. The van der Waals surface area contributed by atoms with Gasteiger partial charge in [0.15, 0.2) is 0 Å². The largest absolute Gasteiger partial charge is 0.355 e. The molecule has 0 heterocycles. The summed E-state index contributed by atoms with van der Waals surface area (Å²) in [4.78, 5) is 24.5. The van der Waals surface area contributed by atoms with Crippen molar-refractivity contribution < 1.29 is 9.59 Å². The molecule has 0 aromatic heterocycles. The second-order valence-corrected chi connectivity index (χ2v) is 6.57. The van der Waals surface area contributed by atoms with Crippen molar-refractivity contribution in [3.05, 3.63) is 28.7 Å². The van der Waals surface area contributed by atoms with E-state index in [9.17, 15) is 9.59 Å². The number of hydrogen-bond donors (Lipinski definition) is 2. The van der Waals surface area contributed by atoms with Gasteiger partial charge in [-0.2, -0.15) is 0 Å². The van der Waals surface area contributed by atoms with Crippen molar-refractivity contribution in [3.63, 3.8) is 0 Å². The van der Waals surface area contributed by atoms with Crippen molar-refractivity contribution in [2.24, 2.45) is 11.3 Å². The summed E-state index contributed by atoms with van der Waals surface area (Å²) in [5, 5.41) is 5.68. The molecule has 0 aliphatic heterocycles. The molecule has 108 valence electrons. The van der Waals surface area contributed by atoms with Crippen LogP contribution in [-0.4, -0.2) is 18.4 Å². The Kier molecular flexibility index (Phi) is 4.48. The molecule has 2 amide bonds. The van der Waals surface area contributed by atoms with Gasteiger partial charge in [-0.05, 0) is 37.0 Å². The molecule has 0 spiro atoms. The molecule has 0 atom stereocenters. The maximum absolute atomic E-state index is 12.3. The number of rotatable bonds is 5. The fourth-order valence-electron chi connectivity index (χ4n) is 1.97. The van der Waals surface area contributed by atoms with E-state index in [1.165, 1.54) is 0 Å². The van der Waals surface area contributed by atoms with Gasteiger partial charge in [-0.3, -0.25) is 9.59 Å². The Labute approximate surface area is 127 Å². The van der Waals surface area contributed by atoms with Crippen molar-refractivity contribution in [2.75, 3.05) is 11.9 Å². The van der Waals surface area contributed by atoms with Crippen molar-refractivity contribution in [2.45, 2.75) is 26.7 Å². The minimum Gasteiger partial charge on any atom is -0.355 e. The van der Waals surface area contributed by atoms with Crippen LogP contribution in [0.1, 0.15) is 26.7 Å². The molecule has 20 heavy (non-hydrogen) atoms. The van der Waals surface area contributed by atoms with Gasteiger partial charge in [0.2, 0.25) is 11.8 Å². The maximum atomic E-state index is 12.3. The lowest BCUT2D eigenvalue weighted by atomic mass is 10.0. The quantitative estimate of drug-likeness (QED) is 0.811. The van der Waals surface area contributed by atoms with E-state index in [2.05, 4.69) is 26.6 Å². The zero-order valence-corrected chi connectivity index (χ0v) is 13.3. The summed E-state index contributed by atoms with van der Waals surface area (Å²) in [5.41, 5.74) is -0.163. The average Bonchev–Trinajstić information content (AvgIpc) is 3.17. The Balaban J connectivity index is 1.99. The number of anilines is 1. The Morgan fingerprint density at radius 1 is 1.30 bits per heavy atom. The van der Waals surface area contributed by atoms with Crippen LogP contribution in [0.25, 0.3) is 0 Å². The van der Waals surface area contributed by atoms with Crippen LogP contribution in [0.5, 0.6) is 0 Å². The van der Waals surface area contributed by atoms with Crippen LogP contribution in [0, 0.1) is 11.3 Å². The predicted octanol–water partition coefficient (Wildman–Crippen LogP) is 2.94.